The van der Waals surface area contributed by atoms with Gasteiger partial charge in [-0.25, -0.2) is 4.39 Å². The van der Waals surface area contributed by atoms with Crippen LogP contribution in [-0.4, -0.2) is 10.9 Å². The number of oxime groups is 1. The second-order valence-electron chi connectivity index (χ2n) is 3.79. The lowest BCUT2D eigenvalue weighted by atomic mass is 10.2. The van der Waals surface area contributed by atoms with E-state index in [2.05, 4.69) is 5.16 Å². The lowest BCUT2D eigenvalue weighted by Crippen LogP contribution is -1.94. The Bertz CT molecular complexity index is 548. The molecule has 0 fully saturated rings. The van der Waals surface area contributed by atoms with Crippen LogP contribution in [0.4, 0.5) is 4.39 Å². The monoisotopic (exact) mass is 265 g/mol. The molecular formula is C13H12FNO2S. The number of halogens is 1. The highest BCUT2D eigenvalue weighted by atomic mass is 32.1. The SMILES string of the molecule is C/C(Cc1ccc(Oc2ccc(F)cc2)s1)=N\O. The van der Waals surface area contributed by atoms with Crippen LogP contribution in [0.25, 0.3) is 0 Å². The minimum Gasteiger partial charge on any atom is -0.447 e. The van der Waals surface area contributed by atoms with Crippen molar-refractivity contribution in [3.05, 3.63) is 47.1 Å². The molecule has 2 aromatic rings. The number of nitrogens with zero attached hydrogens (tertiary/aromatic N) is 1. The van der Waals surface area contributed by atoms with E-state index < -0.39 is 0 Å². The molecule has 2 rings (SSSR count). The fraction of sp³-hybridized carbons (Fsp3) is 0.154. The summed E-state index contributed by atoms with van der Waals surface area (Å²) in [5.41, 5.74) is 0.644. The Morgan fingerprint density at radius 3 is 2.67 bits per heavy atom. The van der Waals surface area contributed by atoms with Gasteiger partial charge in [-0.2, -0.15) is 0 Å². The highest BCUT2D eigenvalue weighted by Crippen LogP contribution is 2.29. The van der Waals surface area contributed by atoms with E-state index >= 15 is 0 Å². The van der Waals surface area contributed by atoms with Crippen LogP contribution in [0.5, 0.6) is 10.8 Å². The molecule has 3 nitrogen and oxygen atoms in total. The van der Waals surface area contributed by atoms with Crippen LogP contribution in [0.3, 0.4) is 0 Å². The van der Waals surface area contributed by atoms with Crippen molar-refractivity contribution in [3.63, 3.8) is 0 Å². The summed E-state index contributed by atoms with van der Waals surface area (Å²) in [4.78, 5) is 1.04. The molecule has 0 bridgehead atoms. The summed E-state index contributed by atoms with van der Waals surface area (Å²) in [6, 6.07) is 9.62. The van der Waals surface area contributed by atoms with Crippen molar-refractivity contribution in [3.8, 4) is 10.8 Å². The van der Waals surface area contributed by atoms with Gasteiger partial charge >= 0.3 is 0 Å². The van der Waals surface area contributed by atoms with Crippen LogP contribution >= 0.6 is 11.3 Å². The number of rotatable bonds is 4. The minimum absolute atomic E-state index is 0.288. The topological polar surface area (TPSA) is 41.8 Å². The van der Waals surface area contributed by atoms with E-state index in [0.29, 0.717) is 17.9 Å². The lowest BCUT2D eigenvalue weighted by molar-refractivity contribution is 0.318. The number of hydrogen-bond acceptors (Lipinski definition) is 4. The molecule has 94 valence electrons. The average molecular weight is 265 g/mol. The Morgan fingerprint density at radius 1 is 1.28 bits per heavy atom. The average Bonchev–Trinajstić information content (AvgIpc) is 2.79. The molecule has 1 heterocycles. The van der Waals surface area contributed by atoms with Crippen molar-refractivity contribution < 1.29 is 14.3 Å². The largest absolute Gasteiger partial charge is 0.447 e. The first-order chi connectivity index (χ1) is 8.67. The fourth-order valence-electron chi connectivity index (χ4n) is 1.41. The maximum atomic E-state index is 12.7. The van der Waals surface area contributed by atoms with Gasteiger partial charge in [0.2, 0.25) is 0 Å². The van der Waals surface area contributed by atoms with Crippen LogP contribution in [0.15, 0.2) is 41.6 Å². The molecule has 1 aromatic heterocycles. The first-order valence-electron chi connectivity index (χ1n) is 5.37. The quantitative estimate of drug-likeness (QED) is 0.514. The number of thiophene rings is 1. The molecule has 0 atom stereocenters. The molecule has 1 N–H and O–H groups in total. The summed E-state index contributed by atoms with van der Waals surface area (Å²) in [7, 11) is 0. The third kappa shape index (κ3) is 3.30. The van der Waals surface area contributed by atoms with E-state index in [0.717, 1.165) is 9.94 Å². The Kier molecular flexibility index (Phi) is 3.94. The standard InChI is InChI=1S/C13H12FNO2S/c1-9(15-16)8-12-6-7-13(18-12)17-11-4-2-10(14)3-5-11/h2-7,16H,8H2,1H3/b15-9+. The van der Waals surface area contributed by atoms with Gasteiger partial charge in [0.1, 0.15) is 11.6 Å². The van der Waals surface area contributed by atoms with Gasteiger partial charge in [0.05, 0.1) is 5.71 Å². The molecule has 0 radical (unpaired) electrons. The molecule has 0 spiro atoms. The molecule has 0 aliphatic heterocycles. The molecule has 18 heavy (non-hydrogen) atoms. The van der Waals surface area contributed by atoms with Gasteiger partial charge in [0, 0.05) is 11.3 Å². The summed E-state index contributed by atoms with van der Waals surface area (Å²) in [6.07, 6.45) is 0.591. The highest BCUT2D eigenvalue weighted by Gasteiger charge is 2.04. The zero-order chi connectivity index (χ0) is 13.0. The van der Waals surface area contributed by atoms with Gasteiger partial charge in [-0.15, -0.1) is 11.3 Å². The number of benzene rings is 1. The van der Waals surface area contributed by atoms with Gasteiger partial charge in [-0.1, -0.05) is 5.16 Å². The molecule has 0 unspecified atom stereocenters. The zero-order valence-corrected chi connectivity index (χ0v) is 10.6. The van der Waals surface area contributed by atoms with Gasteiger partial charge in [0.25, 0.3) is 0 Å². The summed E-state index contributed by atoms with van der Waals surface area (Å²) >= 11 is 1.47. The fourth-order valence-corrected chi connectivity index (χ4v) is 2.36. The summed E-state index contributed by atoms with van der Waals surface area (Å²) < 4.78 is 18.3. The van der Waals surface area contributed by atoms with Crippen molar-refractivity contribution >= 4 is 17.0 Å². The maximum absolute atomic E-state index is 12.7. The zero-order valence-electron chi connectivity index (χ0n) is 9.76. The molecule has 0 aliphatic carbocycles. The van der Waals surface area contributed by atoms with Crippen molar-refractivity contribution in [1.29, 1.82) is 0 Å². The molecule has 0 amide bonds. The van der Waals surface area contributed by atoms with Gasteiger partial charge in [-0.05, 0) is 43.3 Å². The van der Waals surface area contributed by atoms with Crippen LogP contribution in [0, 0.1) is 5.82 Å². The number of hydrogen-bond donors (Lipinski definition) is 1. The summed E-state index contributed by atoms with van der Waals surface area (Å²) in [5, 5.41) is 12.4. The predicted octanol–water partition coefficient (Wildman–Crippen LogP) is 4.07. The van der Waals surface area contributed by atoms with E-state index in [4.69, 9.17) is 9.94 Å². The molecule has 0 aliphatic rings. The minimum atomic E-state index is -0.288. The normalized spacial score (nSPS) is 11.6. The van der Waals surface area contributed by atoms with Gasteiger partial charge in [0.15, 0.2) is 5.06 Å². The summed E-state index contributed by atoms with van der Waals surface area (Å²) in [5.74, 6) is 0.307. The Morgan fingerprint density at radius 2 is 2.00 bits per heavy atom. The Hall–Kier alpha value is -1.88. The van der Waals surface area contributed by atoms with Gasteiger partial charge < -0.3 is 9.94 Å². The second-order valence-corrected chi connectivity index (χ2v) is 4.92. The highest BCUT2D eigenvalue weighted by molar-refractivity contribution is 7.13. The van der Waals surface area contributed by atoms with E-state index in [1.807, 2.05) is 12.1 Å². The maximum Gasteiger partial charge on any atom is 0.181 e. The molecule has 0 saturated heterocycles. The molecule has 1 aromatic carbocycles. The molecular weight excluding hydrogens is 253 g/mol. The molecule has 5 heteroatoms. The van der Waals surface area contributed by atoms with E-state index in [-0.39, 0.29) is 5.82 Å². The van der Waals surface area contributed by atoms with Crippen LogP contribution in [-0.2, 0) is 6.42 Å². The third-order valence-corrected chi connectivity index (χ3v) is 3.23. The second kappa shape index (κ2) is 5.64. The number of ether oxygens (including phenoxy) is 1. The van der Waals surface area contributed by atoms with Gasteiger partial charge in [-0.3, -0.25) is 0 Å². The smallest absolute Gasteiger partial charge is 0.181 e. The first kappa shape index (κ1) is 12.6. The van der Waals surface area contributed by atoms with E-state index in [1.54, 1.807) is 19.1 Å². The lowest BCUT2D eigenvalue weighted by Gasteiger charge is -2.01. The van der Waals surface area contributed by atoms with Crippen LogP contribution in [0.2, 0.25) is 0 Å². The summed E-state index contributed by atoms with van der Waals surface area (Å²) in [6.45, 7) is 1.75. The van der Waals surface area contributed by atoms with Crippen molar-refractivity contribution in [2.45, 2.75) is 13.3 Å². The predicted molar refractivity (Wildman–Crippen MR) is 69.4 cm³/mol. The van der Waals surface area contributed by atoms with Crippen molar-refractivity contribution in [2.75, 3.05) is 0 Å². The Balaban J connectivity index is 2.04. The van der Waals surface area contributed by atoms with Crippen LogP contribution in [0.1, 0.15) is 11.8 Å². The first-order valence-corrected chi connectivity index (χ1v) is 6.18. The molecule has 0 saturated carbocycles. The Labute approximate surface area is 108 Å². The van der Waals surface area contributed by atoms with E-state index in [9.17, 15) is 4.39 Å². The van der Waals surface area contributed by atoms with Crippen LogP contribution < -0.4 is 4.74 Å². The van der Waals surface area contributed by atoms with Crippen molar-refractivity contribution in [2.24, 2.45) is 5.16 Å². The van der Waals surface area contributed by atoms with E-state index in [1.165, 1.54) is 23.5 Å². The third-order valence-electron chi connectivity index (χ3n) is 2.27. The van der Waals surface area contributed by atoms with Crippen molar-refractivity contribution in [1.82, 2.24) is 0 Å².